The van der Waals surface area contributed by atoms with Crippen molar-refractivity contribution >= 4 is 37.6 Å². The molecule has 0 spiro atoms. The van der Waals surface area contributed by atoms with Gasteiger partial charge < -0.3 is 0 Å². The van der Waals surface area contributed by atoms with Crippen LogP contribution in [0.1, 0.15) is 19.8 Å². The van der Waals surface area contributed by atoms with Crippen LogP contribution in [0.2, 0.25) is 5.15 Å². The zero-order chi connectivity index (χ0) is 12.0. The van der Waals surface area contributed by atoms with Crippen LogP contribution in [0.3, 0.4) is 0 Å². The minimum absolute atomic E-state index is 0.0108. The monoisotopic (exact) mass is 324 g/mol. The fraction of sp³-hybridized carbons (Fsp3) is 0.444. The zero-order valence-electron chi connectivity index (χ0n) is 8.50. The highest BCUT2D eigenvalue weighted by atomic mass is 79.9. The van der Waals surface area contributed by atoms with Crippen molar-refractivity contribution in [1.82, 2.24) is 9.71 Å². The summed E-state index contributed by atoms with van der Waals surface area (Å²) in [5.41, 5.74) is -0.315. The quantitative estimate of drug-likeness (QED) is 0.868. The number of hydrogen-bond donors (Lipinski definition) is 1. The minimum atomic E-state index is -3.58. The lowest BCUT2D eigenvalue weighted by Gasteiger charge is -2.12. The minimum Gasteiger partial charge on any atom is -0.242 e. The summed E-state index contributed by atoms with van der Waals surface area (Å²) < 4.78 is 27.2. The number of rotatable bonds is 3. The molecule has 0 aliphatic heterocycles. The third-order valence-electron chi connectivity index (χ3n) is 2.44. The molecular weight excluding hydrogens is 316 g/mol. The predicted octanol–water partition coefficient (Wildman–Crippen LogP) is 2.33. The third-order valence-corrected chi connectivity index (χ3v) is 4.94. The van der Waals surface area contributed by atoms with Crippen molar-refractivity contribution in [3.05, 3.63) is 21.9 Å². The van der Waals surface area contributed by atoms with E-state index in [1.54, 1.807) is 0 Å². The molecule has 88 valence electrons. The van der Waals surface area contributed by atoms with Gasteiger partial charge in [-0.15, -0.1) is 0 Å². The van der Waals surface area contributed by atoms with Crippen LogP contribution in [0, 0.1) is 0 Å². The molecule has 1 aromatic rings. The van der Waals surface area contributed by atoms with E-state index in [4.69, 9.17) is 11.6 Å². The number of pyridine rings is 1. The lowest BCUT2D eigenvalue weighted by Crippen LogP contribution is -2.34. The number of hydrogen-bond acceptors (Lipinski definition) is 3. The van der Waals surface area contributed by atoms with Crippen LogP contribution < -0.4 is 4.72 Å². The maximum Gasteiger partial charge on any atom is 0.244 e. The molecule has 1 fully saturated rings. The molecule has 0 radical (unpaired) electrons. The van der Waals surface area contributed by atoms with Gasteiger partial charge in [0.2, 0.25) is 10.0 Å². The number of nitrogens with zero attached hydrogens (tertiary/aromatic N) is 1. The zero-order valence-corrected chi connectivity index (χ0v) is 11.7. The Balaban J connectivity index is 2.38. The Morgan fingerprint density at radius 1 is 1.56 bits per heavy atom. The molecule has 1 aromatic heterocycles. The molecule has 1 saturated carbocycles. The lowest BCUT2D eigenvalue weighted by atomic mass is 10.4. The van der Waals surface area contributed by atoms with Crippen molar-refractivity contribution in [2.45, 2.75) is 30.2 Å². The third kappa shape index (κ3) is 2.56. The molecule has 1 aliphatic carbocycles. The van der Waals surface area contributed by atoms with Gasteiger partial charge in [-0.05, 0) is 41.8 Å². The smallest absolute Gasteiger partial charge is 0.242 e. The summed E-state index contributed by atoms with van der Waals surface area (Å²) in [5.74, 6) is 0. The molecule has 4 nitrogen and oxygen atoms in total. The molecule has 0 amide bonds. The molecule has 0 atom stereocenters. The maximum absolute atomic E-state index is 12.0. The van der Waals surface area contributed by atoms with E-state index in [0.717, 1.165) is 12.8 Å². The summed E-state index contributed by atoms with van der Waals surface area (Å²) >= 11 is 8.95. The fourth-order valence-electron chi connectivity index (χ4n) is 1.26. The van der Waals surface area contributed by atoms with E-state index < -0.39 is 10.0 Å². The lowest BCUT2D eigenvalue weighted by molar-refractivity contribution is 0.557. The van der Waals surface area contributed by atoms with Crippen LogP contribution in [0.5, 0.6) is 0 Å². The summed E-state index contributed by atoms with van der Waals surface area (Å²) in [7, 11) is -3.58. The van der Waals surface area contributed by atoms with Crippen LogP contribution in [0.4, 0.5) is 0 Å². The van der Waals surface area contributed by atoms with E-state index in [-0.39, 0.29) is 15.6 Å². The summed E-state index contributed by atoms with van der Waals surface area (Å²) in [6, 6.07) is 1.45. The first kappa shape index (κ1) is 12.3. The van der Waals surface area contributed by atoms with Gasteiger partial charge in [0.25, 0.3) is 0 Å². The Morgan fingerprint density at radius 3 is 2.75 bits per heavy atom. The summed E-state index contributed by atoms with van der Waals surface area (Å²) in [4.78, 5) is 3.81. The Bertz CT molecular complexity index is 528. The Hall–Kier alpha value is -0.170. The largest absolute Gasteiger partial charge is 0.244 e. The molecule has 7 heteroatoms. The highest BCUT2D eigenvalue weighted by Crippen LogP contribution is 2.36. The van der Waals surface area contributed by atoms with Crippen molar-refractivity contribution in [3.63, 3.8) is 0 Å². The summed E-state index contributed by atoms with van der Waals surface area (Å²) in [6.45, 7) is 1.86. The molecule has 0 aromatic carbocycles. The molecule has 0 bridgehead atoms. The van der Waals surface area contributed by atoms with E-state index in [1.807, 2.05) is 6.92 Å². The molecule has 1 aliphatic rings. The first-order valence-corrected chi connectivity index (χ1v) is 7.33. The van der Waals surface area contributed by atoms with Gasteiger partial charge in [-0.25, -0.2) is 18.1 Å². The number of halogens is 2. The second-order valence-electron chi connectivity index (χ2n) is 4.11. The maximum atomic E-state index is 12.0. The van der Waals surface area contributed by atoms with E-state index in [9.17, 15) is 8.42 Å². The molecule has 1 heterocycles. The van der Waals surface area contributed by atoms with Gasteiger partial charge in [-0.3, -0.25) is 0 Å². The highest BCUT2D eigenvalue weighted by Gasteiger charge is 2.41. The van der Waals surface area contributed by atoms with Crippen LogP contribution in [0.15, 0.2) is 21.6 Å². The topological polar surface area (TPSA) is 59.1 Å². The van der Waals surface area contributed by atoms with Gasteiger partial charge in [-0.2, -0.15) is 0 Å². The van der Waals surface area contributed by atoms with Gasteiger partial charge in [0.05, 0.1) is 0 Å². The summed E-state index contributed by atoms with van der Waals surface area (Å²) in [6.07, 6.45) is 3.16. The highest BCUT2D eigenvalue weighted by molar-refractivity contribution is 9.10. The van der Waals surface area contributed by atoms with Crippen molar-refractivity contribution in [1.29, 1.82) is 0 Å². The van der Waals surface area contributed by atoms with Crippen LogP contribution in [-0.2, 0) is 10.0 Å². The molecular formula is C9H10BrClN2O2S. The van der Waals surface area contributed by atoms with Crippen LogP contribution >= 0.6 is 27.5 Å². The van der Waals surface area contributed by atoms with Crippen molar-refractivity contribution in [3.8, 4) is 0 Å². The number of sulfonamides is 1. The average Bonchev–Trinajstić information content (AvgIpc) is 2.86. The van der Waals surface area contributed by atoms with Gasteiger partial charge in [0, 0.05) is 16.2 Å². The van der Waals surface area contributed by atoms with Gasteiger partial charge >= 0.3 is 0 Å². The molecule has 2 rings (SSSR count). The van der Waals surface area contributed by atoms with Crippen molar-refractivity contribution in [2.24, 2.45) is 0 Å². The Kier molecular flexibility index (Phi) is 3.03. The van der Waals surface area contributed by atoms with Gasteiger partial charge in [0.15, 0.2) is 0 Å². The molecule has 16 heavy (non-hydrogen) atoms. The second-order valence-corrected chi connectivity index (χ2v) is 7.03. The predicted molar refractivity (Wildman–Crippen MR) is 64.9 cm³/mol. The summed E-state index contributed by atoms with van der Waals surface area (Å²) in [5, 5.41) is -0.0139. The average molecular weight is 326 g/mol. The fourth-order valence-corrected chi connectivity index (χ4v) is 3.67. The standard InChI is InChI=1S/C9H10BrClN2O2S/c1-9(2-3-9)13-16(14,15)7-4-6(10)5-12-8(7)11/h4-5,13H,2-3H2,1H3. The Morgan fingerprint density at radius 2 is 2.19 bits per heavy atom. The second kappa shape index (κ2) is 3.94. The molecule has 0 unspecified atom stereocenters. The molecule has 0 saturated heterocycles. The SMILES string of the molecule is CC1(NS(=O)(=O)c2cc(Br)cnc2Cl)CC1. The first-order valence-electron chi connectivity index (χ1n) is 4.67. The van der Waals surface area contributed by atoms with Crippen molar-refractivity contribution in [2.75, 3.05) is 0 Å². The van der Waals surface area contributed by atoms with Crippen LogP contribution in [0.25, 0.3) is 0 Å². The van der Waals surface area contributed by atoms with Gasteiger partial charge in [-0.1, -0.05) is 11.6 Å². The normalized spacial score (nSPS) is 18.4. The van der Waals surface area contributed by atoms with E-state index in [0.29, 0.717) is 4.47 Å². The van der Waals surface area contributed by atoms with Crippen molar-refractivity contribution < 1.29 is 8.42 Å². The molecule has 1 N–H and O–H groups in total. The number of aromatic nitrogens is 1. The van der Waals surface area contributed by atoms with E-state index in [1.165, 1.54) is 12.3 Å². The van der Waals surface area contributed by atoms with E-state index in [2.05, 4.69) is 25.6 Å². The van der Waals surface area contributed by atoms with Crippen LogP contribution in [-0.4, -0.2) is 18.9 Å². The first-order chi connectivity index (χ1) is 7.32. The van der Waals surface area contributed by atoms with E-state index >= 15 is 0 Å². The Labute approximate surface area is 108 Å². The van der Waals surface area contributed by atoms with Gasteiger partial charge in [0.1, 0.15) is 10.0 Å². The number of nitrogens with one attached hydrogen (secondary N) is 1.